The molecule has 12 heavy (non-hydrogen) atoms. The van der Waals surface area contributed by atoms with Gasteiger partial charge >= 0.3 is 54.9 Å². The molecular weight excluding hydrogens is 277 g/mol. The molecule has 1 N–H and O–H groups in total. The molecule has 0 heterocycles. The Bertz CT molecular complexity index is 134. The molecule has 0 radical (unpaired) electrons. The molecule has 0 rings (SSSR count). The predicted octanol–water partition coefficient (Wildman–Crippen LogP) is 1.54. The van der Waals surface area contributed by atoms with Crippen LogP contribution >= 0.6 is 0 Å². The Kier molecular flexibility index (Phi) is 12.5. The van der Waals surface area contributed by atoms with Crippen molar-refractivity contribution >= 4 is 54.9 Å². The van der Waals surface area contributed by atoms with Gasteiger partial charge in [0, 0.05) is 0 Å². The maximum atomic E-state index is 10.5. The first kappa shape index (κ1) is 15.3. The van der Waals surface area contributed by atoms with Crippen LogP contribution in [0, 0.1) is 5.92 Å². The van der Waals surface area contributed by atoms with Crippen molar-refractivity contribution in [2.24, 2.45) is 5.92 Å². The first-order chi connectivity index (χ1) is 5.22. The third-order valence-corrected chi connectivity index (χ3v) is 1.71. The average molecular weight is 296 g/mol. The summed E-state index contributed by atoms with van der Waals surface area (Å²) in [6.45, 7) is 5.59. The molecule has 0 fully saturated rings. The number of carbonyl (C=O) groups is 1. The molecule has 3 heteroatoms. The van der Waals surface area contributed by atoms with Crippen LogP contribution in [0.5, 0.6) is 0 Å². The molecule has 68 valence electrons. The molecular formula is C9H18BaO2. The summed E-state index contributed by atoms with van der Waals surface area (Å²) in [5, 5.41) is 8.68. The monoisotopic (exact) mass is 296 g/mol. The van der Waals surface area contributed by atoms with Gasteiger partial charge in [0.1, 0.15) is 0 Å². The summed E-state index contributed by atoms with van der Waals surface area (Å²) in [6.07, 6.45) is 5.09. The van der Waals surface area contributed by atoms with Gasteiger partial charge in [0.25, 0.3) is 0 Å². The van der Waals surface area contributed by atoms with Crippen LogP contribution in [0.4, 0.5) is 0 Å². The SMILES string of the molecule is C=CCC(CCCC)C(=O)O.[BaH2]. The fourth-order valence-electron chi connectivity index (χ4n) is 0.994. The Hall–Kier alpha value is 0.781. The Balaban J connectivity index is 0. The summed E-state index contributed by atoms with van der Waals surface area (Å²) in [5.74, 6) is -0.911. The first-order valence-corrected chi connectivity index (χ1v) is 4.06. The van der Waals surface area contributed by atoms with Crippen LogP contribution in [0.15, 0.2) is 12.7 Å². The van der Waals surface area contributed by atoms with Gasteiger partial charge in [0.2, 0.25) is 0 Å². The van der Waals surface area contributed by atoms with Crippen molar-refractivity contribution in [3.63, 3.8) is 0 Å². The van der Waals surface area contributed by atoms with E-state index in [4.69, 9.17) is 5.11 Å². The number of aliphatic carboxylic acids is 1. The van der Waals surface area contributed by atoms with Crippen molar-refractivity contribution in [2.45, 2.75) is 32.6 Å². The normalized spacial score (nSPS) is 11.4. The molecule has 0 aliphatic heterocycles. The minimum absolute atomic E-state index is 0. The molecule has 0 saturated carbocycles. The number of rotatable bonds is 6. The van der Waals surface area contributed by atoms with Crippen molar-refractivity contribution in [3.05, 3.63) is 12.7 Å². The van der Waals surface area contributed by atoms with Crippen LogP contribution in [-0.4, -0.2) is 60.0 Å². The fourth-order valence-corrected chi connectivity index (χ4v) is 0.994. The van der Waals surface area contributed by atoms with Crippen LogP contribution in [0.3, 0.4) is 0 Å². The maximum absolute atomic E-state index is 10.5. The molecule has 0 amide bonds. The van der Waals surface area contributed by atoms with E-state index in [-0.39, 0.29) is 54.8 Å². The van der Waals surface area contributed by atoms with Crippen molar-refractivity contribution in [3.8, 4) is 0 Å². The number of hydrogen-bond acceptors (Lipinski definition) is 1. The Morgan fingerprint density at radius 3 is 2.58 bits per heavy atom. The van der Waals surface area contributed by atoms with Crippen molar-refractivity contribution in [1.82, 2.24) is 0 Å². The third-order valence-electron chi connectivity index (χ3n) is 1.71. The zero-order valence-corrected chi connectivity index (χ0v) is 7.05. The van der Waals surface area contributed by atoms with Crippen LogP contribution in [-0.2, 0) is 4.79 Å². The summed E-state index contributed by atoms with van der Waals surface area (Å²) in [5.41, 5.74) is 0. The first-order valence-electron chi connectivity index (χ1n) is 4.06. The molecule has 1 unspecified atom stereocenters. The van der Waals surface area contributed by atoms with Gasteiger partial charge in [-0.15, -0.1) is 6.58 Å². The number of unbranched alkanes of at least 4 members (excludes halogenated alkanes) is 1. The summed E-state index contributed by atoms with van der Waals surface area (Å²) in [7, 11) is 0. The summed E-state index contributed by atoms with van der Waals surface area (Å²) in [4.78, 5) is 10.5. The molecule has 0 aromatic heterocycles. The standard InChI is InChI=1S/C9H16O2.Ba.2H/c1-3-5-7-8(6-4-2)9(10)11;;;/h4,8H,2-3,5-7H2,1H3,(H,10,11);;;. The van der Waals surface area contributed by atoms with Gasteiger partial charge in [-0.2, -0.15) is 0 Å². The Labute approximate surface area is 115 Å². The molecule has 0 spiro atoms. The van der Waals surface area contributed by atoms with E-state index in [1.807, 2.05) is 0 Å². The van der Waals surface area contributed by atoms with E-state index in [0.717, 1.165) is 19.3 Å². The van der Waals surface area contributed by atoms with Gasteiger partial charge in [0.15, 0.2) is 0 Å². The molecule has 0 saturated heterocycles. The van der Waals surface area contributed by atoms with Gasteiger partial charge in [-0.3, -0.25) is 4.79 Å². The molecule has 0 aliphatic rings. The van der Waals surface area contributed by atoms with Gasteiger partial charge < -0.3 is 5.11 Å². The quantitative estimate of drug-likeness (QED) is 0.596. The topological polar surface area (TPSA) is 37.3 Å². The molecule has 2 nitrogen and oxygen atoms in total. The van der Waals surface area contributed by atoms with Crippen LogP contribution in [0.25, 0.3) is 0 Å². The van der Waals surface area contributed by atoms with E-state index < -0.39 is 5.97 Å². The van der Waals surface area contributed by atoms with Crippen LogP contribution in [0.2, 0.25) is 0 Å². The van der Waals surface area contributed by atoms with E-state index in [0.29, 0.717) is 6.42 Å². The zero-order valence-electron chi connectivity index (χ0n) is 7.05. The van der Waals surface area contributed by atoms with Crippen LogP contribution in [0.1, 0.15) is 32.6 Å². The van der Waals surface area contributed by atoms with E-state index in [2.05, 4.69) is 13.5 Å². The van der Waals surface area contributed by atoms with E-state index in [1.165, 1.54) is 0 Å². The molecule has 1 atom stereocenters. The second-order valence-electron chi connectivity index (χ2n) is 2.70. The average Bonchev–Trinajstić information content (AvgIpc) is 1.97. The minimum atomic E-state index is -0.696. The third kappa shape index (κ3) is 7.43. The summed E-state index contributed by atoms with van der Waals surface area (Å²) < 4.78 is 0. The van der Waals surface area contributed by atoms with Crippen LogP contribution < -0.4 is 0 Å². The van der Waals surface area contributed by atoms with E-state index in [1.54, 1.807) is 6.08 Å². The second-order valence-corrected chi connectivity index (χ2v) is 2.70. The Morgan fingerprint density at radius 1 is 1.67 bits per heavy atom. The second kappa shape index (κ2) is 9.87. The number of carboxylic acid groups (broad SMARTS) is 1. The van der Waals surface area contributed by atoms with E-state index >= 15 is 0 Å². The van der Waals surface area contributed by atoms with E-state index in [9.17, 15) is 4.79 Å². The molecule has 0 aromatic rings. The number of allylic oxidation sites excluding steroid dienone is 1. The van der Waals surface area contributed by atoms with Gasteiger partial charge in [-0.05, 0) is 12.8 Å². The summed E-state index contributed by atoms with van der Waals surface area (Å²) in [6, 6.07) is 0. The van der Waals surface area contributed by atoms with Gasteiger partial charge in [-0.25, -0.2) is 0 Å². The fraction of sp³-hybridized carbons (Fsp3) is 0.667. The predicted molar refractivity (Wildman–Crippen MR) is 54.0 cm³/mol. The zero-order chi connectivity index (χ0) is 8.69. The molecule has 0 bridgehead atoms. The summed E-state index contributed by atoms with van der Waals surface area (Å²) >= 11 is 0. The number of carboxylic acids is 1. The number of hydrogen-bond donors (Lipinski definition) is 1. The van der Waals surface area contributed by atoms with Gasteiger partial charge in [-0.1, -0.05) is 25.8 Å². The van der Waals surface area contributed by atoms with Crippen molar-refractivity contribution in [1.29, 1.82) is 0 Å². The molecule has 0 aliphatic carbocycles. The Morgan fingerprint density at radius 2 is 2.25 bits per heavy atom. The molecule has 0 aromatic carbocycles. The van der Waals surface area contributed by atoms with Crippen molar-refractivity contribution in [2.75, 3.05) is 0 Å². The van der Waals surface area contributed by atoms with Gasteiger partial charge in [0.05, 0.1) is 5.92 Å². The van der Waals surface area contributed by atoms with Crippen molar-refractivity contribution < 1.29 is 9.90 Å².